The second-order valence-electron chi connectivity index (χ2n) is 2.84. The topological polar surface area (TPSA) is 38.9 Å². The number of benzene rings is 1. The molecule has 0 fully saturated rings. The Bertz CT molecular complexity index is 571. The quantitative estimate of drug-likeness (QED) is 0.520. The first-order chi connectivity index (χ1) is 6.45. The summed E-state index contributed by atoms with van der Waals surface area (Å²) in [7, 11) is 0. The van der Waals surface area contributed by atoms with E-state index in [0.717, 1.165) is 22.0 Å². The Morgan fingerprint density at radius 3 is 3.08 bits per heavy atom. The second kappa shape index (κ2) is 2.29. The molecule has 0 saturated carbocycles. The third-order valence-electron chi connectivity index (χ3n) is 2.07. The van der Waals surface area contributed by atoms with Gasteiger partial charge in [0, 0.05) is 11.6 Å². The van der Waals surface area contributed by atoms with Gasteiger partial charge >= 0.3 is 0 Å². The highest BCUT2D eigenvalue weighted by molar-refractivity contribution is 5.99. The number of oxazole rings is 1. The molecule has 3 nitrogen and oxygen atoms in total. The van der Waals surface area contributed by atoms with E-state index in [-0.39, 0.29) is 0 Å². The first kappa shape index (κ1) is 6.60. The van der Waals surface area contributed by atoms with Gasteiger partial charge < -0.3 is 4.42 Å². The Balaban J connectivity index is 2.65. The molecular formula is C10H6N2O. The van der Waals surface area contributed by atoms with Crippen LogP contribution < -0.4 is 0 Å². The molecule has 62 valence electrons. The minimum atomic E-state index is 0.762. The lowest BCUT2D eigenvalue weighted by Crippen LogP contribution is -1.77. The molecule has 3 aromatic rings. The van der Waals surface area contributed by atoms with Crippen molar-refractivity contribution in [2.45, 2.75) is 0 Å². The van der Waals surface area contributed by atoms with Gasteiger partial charge in [0.25, 0.3) is 0 Å². The highest BCUT2D eigenvalue weighted by Gasteiger charge is 2.03. The lowest BCUT2D eigenvalue weighted by Gasteiger charge is -1.94. The summed E-state index contributed by atoms with van der Waals surface area (Å²) in [5.41, 5.74) is 2.49. The SMILES string of the molecule is c1cnc2c(c1)ccc1ncoc12. The van der Waals surface area contributed by atoms with Gasteiger partial charge in [-0.15, -0.1) is 0 Å². The average molecular weight is 170 g/mol. The van der Waals surface area contributed by atoms with Crippen LogP contribution in [0.15, 0.2) is 41.3 Å². The summed E-state index contributed by atoms with van der Waals surface area (Å²) < 4.78 is 5.26. The molecule has 0 amide bonds. The van der Waals surface area contributed by atoms with E-state index >= 15 is 0 Å². The van der Waals surface area contributed by atoms with Crippen molar-refractivity contribution in [3.63, 3.8) is 0 Å². The molecule has 0 aliphatic rings. The van der Waals surface area contributed by atoms with Gasteiger partial charge in [-0.25, -0.2) is 4.98 Å². The van der Waals surface area contributed by atoms with Crippen molar-refractivity contribution in [2.75, 3.05) is 0 Å². The Morgan fingerprint density at radius 1 is 1.08 bits per heavy atom. The van der Waals surface area contributed by atoms with Crippen molar-refractivity contribution in [3.05, 3.63) is 36.9 Å². The van der Waals surface area contributed by atoms with Crippen LogP contribution in [0.2, 0.25) is 0 Å². The summed E-state index contributed by atoms with van der Waals surface area (Å²) >= 11 is 0. The Morgan fingerprint density at radius 2 is 2.08 bits per heavy atom. The molecular weight excluding hydrogens is 164 g/mol. The van der Waals surface area contributed by atoms with Gasteiger partial charge in [-0.1, -0.05) is 12.1 Å². The molecule has 0 saturated heterocycles. The maximum Gasteiger partial charge on any atom is 0.182 e. The minimum Gasteiger partial charge on any atom is -0.441 e. The number of hydrogen-bond donors (Lipinski definition) is 0. The van der Waals surface area contributed by atoms with Gasteiger partial charge in [0.05, 0.1) is 0 Å². The fourth-order valence-electron chi connectivity index (χ4n) is 1.46. The molecule has 0 N–H and O–H groups in total. The van der Waals surface area contributed by atoms with E-state index in [0.29, 0.717) is 0 Å². The van der Waals surface area contributed by atoms with E-state index in [1.165, 1.54) is 6.39 Å². The van der Waals surface area contributed by atoms with Crippen molar-refractivity contribution in [2.24, 2.45) is 0 Å². The largest absolute Gasteiger partial charge is 0.441 e. The summed E-state index contributed by atoms with van der Waals surface area (Å²) in [6.45, 7) is 0. The van der Waals surface area contributed by atoms with E-state index < -0.39 is 0 Å². The van der Waals surface area contributed by atoms with E-state index in [9.17, 15) is 0 Å². The molecule has 0 unspecified atom stereocenters. The van der Waals surface area contributed by atoms with Crippen molar-refractivity contribution >= 4 is 22.0 Å². The van der Waals surface area contributed by atoms with E-state index in [1.54, 1.807) is 6.20 Å². The Hall–Kier alpha value is -1.90. The van der Waals surface area contributed by atoms with Gasteiger partial charge in [-0.05, 0) is 12.1 Å². The number of rotatable bonds is 0. The van der Waals surface area contributed by atoms with Crippen molar-refractivity contribution < 1.29 is 4.42 Å². The Labute approximate surface area is 74.0 Å². The first-order valence-electron chi connectivity index (χ1n) is 4.02. The lowest BCUT2D eigenvalue weighted by molar-refractivity contribution is 0.604. The van der Waals surface area contributed by atoms with Crippen molar-refractivity contribution in [1.29, 1.82) is 0 Å². The highest BCUT2D eigenvalue weighted by Crippen LogP contribution is 2.21. The summed E-state index contributed by atoms with van der Waals surface area (Å²) in [4.78, 5) is 8.31. The molecule has 13 heavy (non-hydrogen) atoms. The molecule has 2 heterocycles. The highest BCUT2D eigenvalue weighted by atomic mass is 16.3. The van der Waals surface area contributed by atoms with Gasteiger partial charge in [0.1, 0.15) is 11.0 Å². The molecule has 0 atom stereocenters. The molecule has 3 rings (SSSR count). The standard InChI is InChI=1S/C10H6N2O/c1-2-7-3-4-8-10(13-6-12-8)9(7)11-5-1/h1-6H. The number of aromatic nitrogens is 2. The summed E-state index contributed by atoms with van der Waals surface area (Å²) in [5.74, 6) is 0. The molecule has 1 aromatic carbocycles. The van der Waals surface area contributed by atoms with E-state index in [2.05, 4.69) is 9.97 Å². The second-order valence-corrected chi connectivity index (χ2v) is 2.84. The zero-order valence-electron chi connectivity index (χ0n) is 6.77. The van der Waals surface area contributed by atoms with Crippen LogP contribution in [0, 0.1) is 0 Å². The van der Waals surface area contributed by atoms with Crippen LogP contribution in [0.4, 0.5) is 0 Å². The fourth-order valence-corrected chi connectivity index (χ4v) is 1.46. The summed E-state index contributed by atoms with van der Waals surface area (Å²) in [6.07, 6.45) is 3.20. The van der Waals surface area contributed by atoms with E-state index in [1.807, 2.05) is 24.3 Å². The molecule has 3 heteroatoms. The van der Waals surface area contributed by atoms with Crippen LogP contribution in [0.5, 0.6) is 0 Å². The summed E-state index contributed by atoms with van der Waals surface area (Å²) in [6, 6.07) is 7.84. The van der Waals surface area contributed by atoms with Crippen LogP contribution in [-0.4, -0.2) is 9.97 Å². The number of hydrogen-bond acceptors (Lipinski definition) is 3. The third-order valence-corrected chi connectivity index (χ3v) is 2.07. The van der Waals surface area contributed by atoms with Crippen molar-refractivity contribution in [1.82, 2.24) is 9.97 Å². The minimum absolute atomic E-state index is 0.762. The maximum absolute atomic E-state index is 5.26. The number of nitrogens with zero attached hydrogens (tertiary/aromatic N) is 2. The maximum atomic E-state index is 5.26. The molecule has 0 bridgehead atoms. The zero-order valence-corrected chi connectivity index (χ0v) is 6.77. The van der Waals surface area contributed by atoms with Gasteiger partial charge in [-0.2, -0.15) is 0 Å². The third kappa shape index (κ3) is 0.839. The summed E-state index contributed by atoms with van der Waals surface area (Å²) in [5, 5.41) is 1.08. The van der Waals surface area contributed by atoms with Crippen LogP contribution in [0.25, 0.3) is 22.0 Å². The van der Waals surface area contributed by atoms with Gasteiger partial charge in [0.2, 0.25) is 0 Å². The number of pyridine rings is 1. The van der Waals surface area contributed by atoms with Gasteiger partial charge in [-0.3, -0.25) is 4.98 Å². The first-order valence-corrected chi connectivity index (χ1v) is 4.02. The average Bonchev–Trinajstić information content (AvgIpc) is 2.65. The van der Waals surface area contributed by atoms with Gasteiger partial charge in [0.15, 0.2) is 12.0 Å². The Kier molecular flexibility index (Phi) is 1.16. The van der Waals surface area contributed by atoms with Crippen LogP contribution in [0.3, 0.4) is 0 Å². The van der Waals surface area contributed by atoms with E-state index in [4.69, 9.17) is 4.42 Å². The fraction of sp³-hybridized carbons (Fsp3) is 0. The monoisotopic (exact) mass is 170 g/mol. The molecule has 0 spiro atoms. The van der Waals surface area contributed by atoms with Crippen LogP contribution in [0.1, 0.15) is 0 Å². The molecule has 0 aliphatic heterocycles. The number of fused-ring (bicyclic) bond motifs is 3. The molecule has 0 radical (unpaired) electrons. The smallest absolute Gasteiger partial charge is 0.182 e. The normalized spacial score (nSPS) is 11.1. The van der Waals surface area contributed by atoms with Crippen LogP contribution in [-0.2, 0) is 0 Å². The molecule has 0 aliphatic carbocycles. The van der Waals surface area contributed by atoms with Crippen molar-refractivity contribution in [3.8, 4) is 0 Å². The molecule has 2 aromatic heterocycles. The lowest BCUT2D eigenvalue weighted by atomic mass is 10.2. The predicted molar refractivity (Wildman–Crippen MR) is 49.3 cm³/mol. The predicted octanol–water partition coefficient (Wildman–Crippen LogP) is 2.38. The zero-order chi connectivity index (χ0) is 8.67. The van der Waals surface area contributed by atoms with Crippen LogP contribution >= 0.6 is 0 Å².